The maximum atomic E-state index is 12.7. The molecule has 0 aromatic heterocycles. The van der Waals surface area contributed by atoms with Gasteiger partial charge < -0.3 is 0 Å². The van der Waals surface area contributed by atoms with Crippen molar-refractivity contribution in [2.24, 2.45) is 0 Å². The van der Waals surface area contributed by atoms with Crippen LogP contribution in [0.1, 0.15) is 13.8 Å². The second-order valence-corrected chi connectivity index (χ2v) is 11.5. The Morgan fingerprint density at radius 2 is 1.17 bits per heavy atom. The second kappa shape index (κ2) is 8.69. The van der Waals surface area contributed by atoms with Crippen LogP contribution >= 0.6 is 0 Å². The Morgan fingerprint density at radius 1 is 0.724 bits per heavy atom. The Morgan fingerprint density at radius 3 is 1.62 bits per heavy atom. The topological polar surface area (TPSA) is 130 Å². The van der Waals surface area contributed by atoms with Crippen LogP contribution in [0.3, 0.4) is 0 Å². The largest absolute Gasteiger partial charge is 0.282 e. The van der Waals surface area contributed by atoms with Crippen molar-refractivity contribution in [1.29, 1.82) is 0 Å². The second-order valence-electron chi connectivity index (χ2n) is 6.09. The molecule has 0 spiro atoms. The Kier molecular flexibility index (Phi) is 6.93. The number of nitrogens with one attached hydrogen (secondary N) is 2. The van der Waals surface area contributed by atoms with E-state index in [1.54, 1.807) is 26.0 Å². The number of hydrogen-bond donors (Lipinski definition) is 2. The number of benzene rings is 2. The molecule has 0 aliphatic carbocycles. The lowest BCUT2D eigenvalue weighted by atomic mass is 10.3. The lowest BCUT2D eigenvalue weighted by Gasteiger charge is -2.18. The molecule has 0 bridgehead atoms. The van der Waals surface area contributed by atoms with Crippen molar-refractivity contribution < 1.29 is 25.3 Å². The van der Waals surface area contributed by atoms with Crippen molar-refractivity contribution in [2.45, 2.75) is 23.6 Å². The van der Waals surface area contributed by atoms with Gasteiger partial charge in [0.05, 0.1) is 27.4 Å². The summed E-state index contributed by atoms with van der Waals surface area (Å²) in [5.74, 6) is 0. The van der Waals surface area contributed by atoms with Crippen LogP contribution in [-0.2, 0) is 30.1 Å². The number of anilines is 2. The summed E-state index contributed by atoms with van der Waals surface area (Å²) in [4.78, 5) is -0.176. The first kappa shape index (κ1) is 23.1. The van der Waals surface area contributed by atoms with E-state index >= 15 is 0 Å². The maximum absolute atomic E-state index is 12.7. The molecule has 12 heteroatoms. The van der Waals surface area contributed by atoms with E-state index in [4.69, 9.17) is 0 Å². The summed E-state index contributed by atoms with van der Waals surface area (Å²) in [5.41, 5.74) is 0.108. The SMILES string of the molecule is CCN(CC)S(=O)(=O)c1ccc(S(=O)(=O)Nc2ccccc2NS(C)(=O)=O)cc1. The summed E-state index contributed by atoms with van der Waals surface area (Å²) in [6.07, 6.45) is 0.952. The van der Waals surface area contributed by atoms with Gasteiger partial charge in [0.1, 0.15) is 0 Å². The van der Waals surface area contributed by atoms with E-state index in [9.17, 15) is 25.3 Å². The van der Waals surface area contributed by atoms with Gasteiger partial charge in [-0.25, -0.2) is 25.3 Å². The third-order valence-electron chi connectivity index (χ3n) is 3.94. The van der Waals surface area contributed by atoms with Crippen molar-refractivity contribution in [2.75, 3.05) is 28.8 Å². The van der Waals surface area contributed by atoms with Gasteiger partial charge in [-0.15, -0.1) is 0 Å². The Labute approximate surface area is 171 Å². The molecule has 2 aromatic rings. The van der Waals surface area contributed by atoms with Gasteiger partial charge in [-0.05, 0) is 36.4 Å². The molecule has 2 aromatic carbocycles. The van der Waals surface area contributed by atoms with Gasteiger partial charge in [-0.3, -0.25) is 9.44 Å². The zero-order valence-electron chi connectivity index (χ0n) is 16.2. The predicted molar refractivity (Wildman–Crippen MR) is 112 cm³/mol. The highest BCUT2D eigenvalue weighted by atomic mass is 32.2. The van der Waals surface area contributed by atoms with Gasteiger partial charge in [0.2, 0.25) is 20.0 Å². The standard InChI is InChI=1S/C17H23N3O6S3/c1-4-20(5-2)29(25,26)15-12-10-14(11-13-15)28(23,24)19-17-9-7-6-8-16(17)18-27(3,21)22/h6-13,18-19H,4-5H2,1-3H3. The lowest BCUT2D eigenvalue weighted by Crippen LogP contribution is -2.30. The number of para-hydroxylation sites is 2. The van der Waals surface area contributed by atoms with Crippen molar-refractivity contribution >= 4 is 41.4 Å². The minimum atomic E-state index is -4.08. The van der Waals surface area contributed by atoms with Crippen LogP contribution in [-0.4, -0.2) is 48.9 Å². The number of sulfonamides is 3. The van der Waals surface area contributed by atoms with Crippen molar-refractivity contribution in [3.63, 3.8) is 0 Å². The molecule has 29 heavy (non-hydrogen) atoms. The van der Waals surface area contributed by atoms with Crippen molar-refractivity contribution in [3.05, 3.63) is 48.5 Å². The predicted octanol–water partition coefficient (Wildman–Crippen LogP) is 1.89. The quantitative estimate of drug-likeness (QED) is 0.587. The first-order valence-electron chi connectivity index (χ1n) is 8.60. The van der Waals surface area contributed by atoms with Gasteiger partial charge in [0, 0.05) is 13.1 Å². The van der Waals surface area contributed by atoms with Crippen LogP contribution < -0.4 is 9.44 Å². The molecule has 0 radical (unpaired) electrons. The molecule has 0 heterocycles. The average Bonchev–Trinajstić information content (AvgIpc) is 2.63. The molecule has 0 fully saturated rings. The molecule has 0 saturated carbocycles. The number of hydrogen-bond acceptors (Lipinski definition) is 6. The van der Waals surface area contributed by atoms with Gasteiger partial charge in [0.15, 0.2) is 0 Å². The fourth-order valence-corrected chi connectivity index (χ4v) is 5.68. The van der Waals surface area contributed by atoms with Crippen LogP contribution in [0.2, 0.25) is 0 Å². The number of rotatable bonds is 9. The zero-order chi connectivity index (χ0) is 21.9. The summed E-state index contributed by atoms with van der Waals surface area (Å²) < 4.78 is 79.2. The molecule has 2 rings (SSSR count). The highest BCUT2D eigenvalue weighted by molar-refractivity contribution is 7.93. The normalized spacial score (nSPS) is 12.7. The van der Waals surface area contributed by atoms with Gasteiger partial charge >= 0.3 is 0 Å². The Bertz CT molecular complexity index is 1170. The summed E-state index contributed by atoms with van der Waals surface area (Å²) in [6, 6.07) is 10.7. The van der Waals surface area contributed by atoms with Crippen LogP contribution in [0.15, 0.2) is 58.3 Å². The van der Waals surface area contributed by atoms with E-state index < -0.39 is 30.1 Å². The molecule has 0 aliphatic heterocycles. The number of nitrogens with zero attached hydrogens (tertiary/aromatic N) is 1. The fraction of sp³-hybridized carbons (Fsp3) is 0.294. The first-order chi connectivity index (χ1) is 13.4. The van der Waals surface area contributed by atoms with Gasteiger partial charge in [-0.2, -0.15) is 4.31 Å². The van der Waals surface area contributed by atoms with Crippen molar-refractivity contribution in [3.8, 4) is 0 Å². The molecular weight excluding hydrogens is 438 g/mol. The highest BCUT2D eigenvalue weighted by Gasteiger charge is 2.23. The van der Waals surface area contributed by atoms with Crippen molar-refractivity contribution in [1.82, 2.24) is 4.31 Å². The van der Waals surface area contributed by atoms with Crippen LogP contribution in [0.5, 0.6) is 0 Å². The highest BCUT2D eigenvalue weighted by Crippen LogP contribution is 2.26. The summed E-state index contributed by atoms with van der Waals surface area (Å²) in [6.45, 7) is 4.02. The molecular formula is C17H23N3O6S3. The van der Waals surface area contributed by atoms with E-state index in [-0.39, 0.29) is 21.2 Å². The van der Waals surface area contributed by atoms with Gasteiger partial charge in [-0.1, -0.05) is 26.0 Å². The monoisotopic (exact) mass is 461 g/mol. The summed E-state index contributed by atoms with van der Waals surface area (Å²) in [7, 11) is -11.4. The molecule has 0 unspecified atom stereocenters. The van der Waals surface area contributed by atoms with E-state index in [0.29, 0.717) is 13.1 Å². The molecule has 0 atom stereocenters. The molecule has 9 nitrogen and oxygen atoms in total. The van der Waals surface area contributed by atoms with E-state index in [2.05, 4.69) is 9.44 Å². The molecule has 0 amide bonds. The smallest absolute Gasteiger partial charge is 0.261 e. The van der Waals surface area contributed by atoms with Crippen LogP contribution in [0.4, 0.5) is 11.4 Å². The zero-order valence-corrected chi connectivity index (χ0v) is 18.6. The molecule has 0 aliphatic rings. The van der Waals surface area contributed by atoms with Crippen LogP contribution in [0, 0.1) is 0 Å². The van der Waals surface area contributed by atoms with E-state index in [1.807, 2.05) is 0 Å². The van der Waals surface area contributed by atoms with Crippen LogP contribution in [0.25, 0.3) is 0 Å². The van der Waals surface area contributed by atoms with Gasteiger partial charge in [0.25, 0.3) is 10.0 Å². The summed E-state index contributed by atoms with van der Waals surface area (Å²) in [5, 5.41) is 0. The fourth-order valence-electron chi connectivity index (χ4n) is 2.57. The minimum absolute atomic E-state index is 0.0145. The Hall–Kier alpha value is -2.15. The first-order valence-corrected chi connectivity index (χ1v) is 13.4. The summed E-state index contributed by atoms with van der Waals surface area (Å²) >= 11 is 0. The Balaban J connectivity index is 2.35. The maximum Gasteiger partial charge on any atom is 0.261 e. The average molecular weight is 462 g/mol. The molecule has 160 valence electrons. The minimum Gasteiger partial charge on any atom is -0.282 e. The molecule has 0 saturated heterocycles. The molecule has 2 N–H and O–H groups in total. The third-order valence-corrected chi connectivity index (χ3v) is 7.98. The third kappa shape index (κ3) is 5.69. The van der Waals surface area contributed by atoms with E-state index in [0.717, 1.165) is 6.26 Å². The lowest BCUT2D eigenvalue weighted by molar-refractivity contribution is 0.445. The van der Waals surface area contributed by atoms with E-state index in [1.165, 1.54) is 40.7 Å².